The number of aryl methyl sites for hydroxylation is 1. The minimum absolute atomic E-state index is 0. The molecule has 1 unspecified atom stereocenters. The van der Waals surface area contributed by atoms with Crippen LogP contribution in [0.25, 0.3) is 0 Å². The Morgan fingerprint density at radius 3 is 2.31 bits per heavy atom. The molecule has 3 rings (SSSR count). The lowest BCUT2D eigenvalue weighted by Gasteiger charge is -2.36. The van der Waals surface area contributed by atoms with Crippen molar-refractivity contribution in [2.45, 2.75) is 58.6 Å². The lowest BCUT2D eigenvalue weighted by Crippen LogP contribution is -3.00. The van der Waals surface area contributed by atoms with E-state index in [-0.39, 0.29) is 35.0 Å². The molecule has 0 aliphatic carbocycles. The number of halogens is 1. The molecule has 0 amide bonds. The van der Waals surface area contributed by atoms with E-state index < -0.39 is 6.10 Å². The predicted octanol–water partition coefficient (Wildman–Crippen LogP) is 1.76. The Morgan fingerprint density at radius 2 is 1.75 bits per heavy atom. The van der Waals surface area contributed by atoms with Gasteiger partial charge in [0.05, 0.1) is 18.0 Å². The minimum atomic E-state index is -0.578. The van der Waals surface area contributed by atoms with Gasteiger partial charge in [0.25, 0.3) is 5.69 Å². The first kappa shape index (κ1) is 26.1. The number of aliphatic hydroxyl groups excluding tert-OH is 1. The Morgan fingerprint density at radius 1 is 1.12 bits per heavy atom. The van der Waals surface area contributed by atoms with Gasteiger partial charge >= 0.3 is 0 Å². The summed E-state index contributed by atoms with van der Waals surface area (Å²) < 4.78 is 6.89. The fourth-order valence-corrected chi connectivity index (χ4v) is 4.56. The summed E-state index contributed by atoms with van der Waals surface area (Å²) in [4.78, 5) is 10.5. The number of non-ortho nitro benzene ring substituents is 1. The van der Waals surface area contributed by atoms with E-state index in [1.807, 2.05) is 24.3 Å². The maximum Gasteiger partial charge on any atom is 0.269 e. The summed E-state index contributed by atoms with van der Waals surface area (Å²) in [6.07, 6.45) is 1.68. The standard InChI is InChI=1S/C25H35N2O4.ClH/c1-19-7-12-24(23(15-19)25(2,3)4)31-18-22(28)17-27(13-5-6-14-27)16-20-8-10-21(11-9-20)26(29)30;/h7-12,15,22,28H,5-6,13-14,16-18H2,1-4H3;1H/q+1;/p-1. The van der Waals surface area contributed by atoms with Crippen molar-refractivity contribution < 1.29 is 31.7 Å². The molecule has 2 aromatic rings. The normalized spacial score (nSPS) is 16.3. The van der Waals surface area contributed by atoms with Crippen molar-refractivity contribution in [2.75, 3.05) is 26.2 Å². The molecule has 0 aromatic heterocycles. The number of benzene rings is 2. The van der Waals surface area contributed by atoms with Crippen LogP contribution in [0.1, 0.15) is 50.3 Å². The zero-order chi connectivity index (χ0) is 22.6. The lowest BCUT2D eigenvalue weighted by molar-refractivity contribution is -0.932. The van der Waals surface area contributed by atoms with Gasteiger partial charge in [0.15, 0.2) is 0 Å². The van der Waals surface area contributed by atoms with Gasteiger partial charge < -0.3 is 26.7 Å². The number of quaternary nitrogens is 1. The number of nitrogens with zero attached hydrogens (tertiary/aromatic N) is 2. The second-order valence-corrected chi connectivity index (χ2v) is 9.97. The summed E-state index contributed by atoms with van der Waals surface area (Å²) in [6, 6.07) is 13.0. The van der Waals surface area contributed by atoms with Crippen LogP contribution in [0.3, 0.4) is 0 Å². The molecular formula is C25H35ClN2O4. The molecule has 176 valence electrons. The van der Waals surface area contributed by atoms with Crippen LogP contribution in [0.5, 0.6) is 5.75 Å². The quantitative estimate of drug-likeness (QED) is 0.368. The van der Waals surface area contributed by atoms with Crippen molar-refractivity contribution >= 4 is 5.69 Å². The number of hydrogen-bond donors (Lipinski definition) is 1. The maximum atomic E-state index is 10.9. The van der Waals surface area contributed by atoms with Crippen LogP contribution in [0, 0.1) is 17.0 Å². The van der Waals surface area contributed by atoms with Gasteiger partial charge in [-0.05, 0) is 36.1 Å². The Hall–Kier alpha value is -2.15. The molecule has 1 fully saturated rings. The minimum Gasteiger partial charge on any atom is -1.00 e. The van der Waals surface area contributed by atoms with Crippen LogP contribution < -0.4 is 17.1 Å². The first-order valence-corrected chi connectivity index (χ1v) is 11.1. The number of hydrogen-bond acceptors (Lipinski definition) is 4. The second-order valence-electron chi connectivity index (χ2n) is 9.97. The van der Waals surface area contributed by atoms with Gasteiger partial charge in [0.2, 0.25) is 0 Å². The fraction of sp³-hybridized carbons (Fsp3) is 0.520. The van der Waals surface area contributed by atoms with Gasteiger partial charge in [0.1, 0.15) is 31.5 Å². The molecule has 7 heteroatoms. The van der Waals surface area contributed by atoms with Crippen molar-refractivity contribution in [2.24, 2.45) is 0 Å². The van der Waals surface area contributed by atoms with Gasteiger partial charge in [-0.1, -0.05) is 38.5 Å². The van der Waals surface area contributed by atoms with E-state index in [9.17, 15) is 15.2 Å². The molecule has 2 aromatic carbocycles. The first-order chi connectivity index (χ1) is 14.6. The molecule has 6 nitrogen and oxygen atoms in total. The van der Waals surface area contributed by atoms with Gasteiger partial charge in [-0.3, -0.25) is 10.1 Å². The number of nitro benzene ring substituents is 1. The molecule has 1 N–H and O–H groups in total. The van der Waals surface area contributed by atoms with Crippen molar-refractivity contribution in [3.63, 3.8) is 0 Å². The molecule has 0 saturated carbocycles. The van der Waals surface area contributed by atoms with Crippen LogP contribution in [0.2, 0.25) is 0 Å². The Balaban J connectivity index is 0.00000363. The van der Waals surface area contributed by atoms with Crippen LogP contribution in [-0.4, -0.2) is 46.9 Å². The number of likely N-dealkylation sites (tertiary alicyclic amines) is 1. The SMILES string of the molecule is Cc1ccc(OCC(O)C[N+]2(Cc3ccc([N+](=O)[O-])cc3)CCCC2)c(C(C)(C)C)c1.[Cl-]. The van der Waals surface area contributed by atoms with E-state index in [1.54, 1.807) is 12.1 Å². The third kappa shape index (κ3) is 6.67. The molecule has 0 bridgehead atoms. The molecule has 1 aliphatic heterocycles. The smallest absolute Gasteiger partial charge is 0.269 e. The van der Waals surface area contributed by atoms with Crippen molar-refractivity contribution in [1.82, 2.24) is 0 Å². The molecule has 0 radical (unpaired) electrons. The van der Waals surface area contributed by atoms with Crippen molar-refractivity contribution in [3.05, 3.63) is 69.3 Å². The zero-order valence-corrected chi connectivity index (χ0v) is 20.3. The van der Waals surface area contributed by atoms with E-state index in [0.717, 1.165) is 53.8 Å². The molecule has 0 spiro atoms. The van der Waals surface area contributed by atoms with Crippen LogP contribution in [0.4, 0.5) is 5.69 Å². The number of nitro groups is 1. The highest BCUT2D eigenvalue weighted by atomic mass is 35.5. The fourth-order valence-electron chi connectivity index (χ4n) is 4.56. The van der Waals surface area contributed by atoms with Crippen molar-refractivity contribution in [1.29, 1.82) is 0 Å². The highest BCUT2D eigenvalue weighted by Crippen LogP contribution is 2.32. The monoisotopic (exact) mass is 462 g/mol. The summed E-state index contributed by atoms with van der Waals surface area (Å²) in [7, 11) is 0. The molecule has 1 aliphatic rings. The first-order valence-electron chi connectivity index (χ1n) is 11.1. The topological polar surface area (TPSA) is 72.6 Å². The maximum absolute atomic E-state index is 10.9. The zero-order valence-electron chi connectivity index (χ0n) is 19.5. The van der Waals surface area contributed by atoms with Crippen LogP contribution >= 0.6 is 0 Å². The van der Waals surface area contributed by atoms with E-state index in [2.05, 4.69) is 33.8 Å². The van der Waals surface area contributed by atoms with Crippen molar-refractivity contribution in [3.8, 4) is 5.75 Å². The molecule has 32 heavy (non-hydrogen) atoms. The largest absolute Gasteiger partial charge is 1.00 e. The lowest BCUT2D eigenvalue weighted by atomic mass is 9.85. The molecule has 1 saturated heterocycles. The number of rotatable bonds is 8. The van der Waals surface area contributed by atoms with Gasteiger partial charge in [0, 0.05) is 30.5 Å². The Bertz CT molecular complexity index is 903. The Labute approximate surface area is 197 Å². The highest BCUT2D eigenvalue weighted by Gasteiger charge is 2.35. The average Bonchev–Trinajstić information content (AvgIpc) is 3.14. The third-order valence-corrected chi connectivity index (χ3v) is 6.15. The second kappa shape index (κ2) is 10.6. The molecule has 1 heterocycles. The number of ether oxygens (including phenoxy) is 1. The summed E-state index contributed by atoms with van der Waals surface area (Å²) >= 11 is 0. The van der Waals surface area contributed by atoms with Crippen LogP contribution in [-0.2, 0) is 12.0 Å². The molecular weight excluding hydrogens is 428 g/mol. The highest BCUT2D eigenvalue weighted by molar-refractivity contribution is 5.41. The van der Waals surface area contributed by atoms with E-state index in [0.29, 0.717) is 6.54 Å². The predicted molar refractivity (Wildman–Crippen MR) is 122 cm³/mol. The van der Waals surface area contributed by atoms with E-state index >= 15 is 0 Å². The molecule has 1 atom stereocenters. The number of aliphatic hydroxyl groups is 1. The van der Waals surface area contributed by atoms with Gasteiger partial charge in [-0.15, -0.1) is 0 Å². The Kier molecular flexibility index (Phi) is 8.68. The van der Waals surface area contributed by atoms with Crippen LogP contribution in [0.15, 0.2) is 42.5 Å². The van der Waals surface area contributed by atoms with Gasteiger partial charge in [-0.2, -0.15) is 0 Å². The summed E-state index contributed by atoms with van der Waals surface area (Å²) in [5.74, 6) is 0.834. The summed E-state index contributed by atoms with van der Waals surface area (Å²) in [5.41, 5.74) is 3.48. The van der Waals surface area contributed by atoms with E-state index in [1.165, 1.54) is 5.56 Å². The van der Waals surface area contributed by atoms with Gasteiger partial charge in [-0.25, -0.2) is 0 Å². The van der Waals surface area contributed by atoms with E-state index in [4.69, 9.17) is 4.74 Å². The average molecular weight is 463 g/mol. The summed E-state index contributed by atoms with van der Waals surface area (Å²) in [5, 5.41) is 21.8. The third-order valence-electron chi connectivity index (χ3n) is 6.15. The summed E-state index contributed by atoms with van der Waals surface area (Å²) in [6.45, 7) is 12.2.